The average molecular weight is 267 g/mol. The van der Waals surface area contributed by atoms with Crippen LogP contribution in [0.1, 0.15) is 77.6 Å². The number of carbonyl (C=O) groups is 1. The molecule has 2 fully saturated rings. The second-order valence-corrected chi connectivity index (χ2v) is 6.69. The van der Waals surface area contributed by atoms with Crippen LogP contribution in [-0.4, -0.2) is 23.2 Å². The number of unbranched alkanes of at least 4 members (excludes halogenated alkanes) is 1. The van der Waals surface area contributed by atoms with Crippen LogP contribution in [0.3, 0.4) is 0 Å². The zero-order valence-corrected chi connectivity index (χ0v) is 12.3. The van der Waals surface area contributed by atoms with E-state index in [1.165, 1.54) is 12.8 Å². The van der Waals surface area contributed by atoms with Crippen LogP contribution in [0.25, 0.3) is 0 Å². The van der Waals surface area contributed by atoms with E-state index in [1.54, 1.807) is 0 Å². The summed E-state index contributed by atoms with van der Waals surface area (Å²) >= 11 is 0. The Balaban J connectivity index is 2.03. The van der Waals surface area contributed by atoms with Gasteiger partial charge in [0.1, 0.15) is 0 Å². The van der Waals surface area contributed by atoms with Crippen molar-refractivity contribution in [2.75, 3.05) is 6.61 Å². The molecule has 0 unspecified atom stereocenters. The van der Waals surface area contributed by atoms with Crippen molar-refractivity contribution in [1.29, 1.82) is 0 Å². The van der Waals surface area contributed by atoms with Crippen molar-refractivity contribution in [3.63, 3.8) is 0 Å². The summed E-state index contributed by atoms with van der Waals surface area (Å²) in [6.45, 7) is 2.29. The zero-order valence-electron chi connectivity index (χ0n) is 12.3. The first-order valence-corrected chi connectivity index (χ1v) is 8.10. The third-order valence-electron chi connectivity index (χ3n) is 5.29. The second-order valence-electron chi connectivity index (χ2n) is 6.69. The molecule has 2 rings (SSSR count). The van der Waals surface area contributed by atoms with Crippen LogP contribution >= 0.6 is 0 Å². The number of rotatable bonds is 6. The minimum absolute atomic E-state index is 0.0998. The van der Waals surface area contributed by atoms with Crippen LogP contribution < -0.4 is 5.32 Å². The van der Waals surface area contributed by atoms with Crippen molar-refractivity contribution >= 4 is 5.91 Å². The summed E-state index contributed by atoms with van der Waals surface area (Å²) in [7, 11) is 0. The van der Waals surface area contributed by atoms with Gasteiger partial charge >= 0.3 is 0 Å². The van der Waals surface area contributed by atoms with Crippen LogP contribution in [0.5, 0.6) is 0 Å². The minimum atomic E-state index is -0.307. The van der Waals surface area contributed by atoms with E-state index in [4.69, 9.17) is 0 Å². The SMILES string of the molecule is CCCCC1(C(=O)NC2(CO)CCCC2)CCCC1. The number of hydrogen-bond donors (Lipinski definition) is 2. The highest BCUT2D eigenvalue weighted by atomic mass is 16.3. The maximum Gasteiger partial charge on any atom is 0.226 e. The standard InChI is InChI=1S/C16H29NO2/c1-2-3-8-15(9-4-5-10-15)14(19)17-16(13-18)11-6-7-12-16/h18H,2-13H2,1H3,(H,17,19). The van der Waals surface area contributed by atoms with E-state index in [-0.39, 0.29) is 23.5 Å². The predicted octanol–water partition coefficient (Wildman–Crippen LogP) is 3.16. The van der Waals surface area contributed by atoms with Gasteiger partial charge < -0.3 is 10.4 Å². The maximum atomic E-state index is 12.8. The van der Waals surface area contributed by atoms with Crippen LogP contribution in [0.2, 0.25) is 0 Å². The predicted molar refractivity (Wildman–Crippen MR) is 76.9 cm³/mol. The molecule has 3 heteroatoms. The fraction of sp³-hybridized carbons (Fsp3) is 0.938. The van der Waals surface area contributed by atoms with Gasteiger partial charge in [-0.05, 0) is 32.1 Å². The largest absolute Gasteiger partial charge is 0.394 e. The molecule has 2 aliphatic carbocycles. The quantitative estimate of drug-likeness (QED) is 0.776. The van der Waals surface area contributed by atoms with Crippen molar-refractivity contribution < 1.29 is 9.90 Å². The van der Waals surface area contributed by atoms with Gasteiger partial charge in [0.25, 0.3) is 0 Å². The third kappa shape index (κ3) is 3.13. The van der Waals surface area contributed by atoms with Crippen molar-refractivity contribution in [2.24, 2.45) is 5.41 Å². The monoisotopic (exact) mass is 267 g/mol. The van der Waals surface area contributed by atoms with Crippen molar-refractivity contribution in [2.45, 2.75) is 83.1 Å². The molecule has 0 atom stereocenters. The molecule has 2 N–H and O–H groups in total. The first-order chi connectivity index (χ1) is 9.16. The molecular weight excluding hydrogens is 238 g/mol. The molecule has 0 aromatic carbocycles. The Labute approximate surface area is 117 Å². The molecule has 1 amide bonds. The van der Waals surface area contributed by atoms with Crippen LogP contribution in [0.15, 0.2) is 0 Å². The third-order valence-corrected chi connectivity index (χ3v) is 5.29. The Bertz CT molecular complexity index is 302. The van der Waals surface area contributed by atoms with Gasteiger partial charge in [-0.15, -0.1) is 0 Å². The molecule has 2 saturated carbocycles. The summed E-state index contributed by atoms with van der Waals surface area (Å²) in [4.78, 5) is 12.8. The summed E-state index contributed by atoms with van der Waals surface area (Å²) in [5, 5.41) is 12.9. The molecule has 0 radical (unpaired) electrons. The fourth-order valence-corrected chi connectivity index (χ4v) is 3.91. The van der Waals surface area contributed by atoms with Gasteiger partial charge in [0.2, 0.25) is 5.91 Å². The topological polar surface area (TPSA) is 49.3 Å². The maximum absolute atomic E-state index is 12.8. The molecule has 0 aromatic heterocycles. The van der Waals surface area contributed by atoms with E-state index < -0.39 is 0 Å². The van der Waals surface area contributed by atoms with Gasteiger partial charge in [-0.2, -0.15) is 0 Å². The van der Waals surface area contributed by atoms with Crippen LogP contribution in [0, 0.1) is 5.41 Å². The summed E-state index contributed by atoms with van der Waals surface area (Å²) in [6, 6.07) is 0. The molecule has 19 heavy (non-hydrogen) atoms. The zero-order chi connectivity index (χ0) is 13.8. The number of amides is 1. The van der Waals surface area contributed by atoms with E-state index in [0.717, 1.165) is 57.8 Å². The molecule has 0 saturated heterocycles. The molecule has 0 aromatic rings. The lowest BCUT2D eigenvalue weighted by Gasteiger charge is -2.35. The first kappa shape index (κ1) is 14.8. The Morgan fingerprint density at radius 2 is 1.68 bits per heavy atom. The fourth-order valence-electron chi connectivity index (χ4n) is 3.91. The molecular formula is C16H29NO2. The smallest absolute Gasteiger partial charge is 0.226 e. The van der Waals surface area contributed by atoms with Gasteiger partial charge in [-0.25, -0.2) is 0 Å². The van der Waals surface area contributed by atoms with E-state index in [1.807, 2.05) is 0 Å². The molecule has 0 bridgehead atoms. The first-order valence-electron chi connectivity index (χ1n) is 8.10. The van der Waals surface area contributed by atoms with Gasteiger partial charge in [0, 0.05) is 5.41 Å². The molecule has 2 aliphatic rings. The van der Waals surface area contributed by atoms with Gasteiger partial charge in [-0.3, -0.25) is 4.79 Å². The van der Waals surface area contributed by atoms with E-state index in [0.29, 0.717) is 0 Å². The van der Waals surface area contributed by atoms with Crippen molar-refractivity contribution in [3.05, 3.63) is 0 Å². The average Bonchev–Trinajstić information content (AvgIpc) is 3.06. The van der Waals surface area contributed by atoms with Gasteiger partial charge in [-0.1, -0.05) is 45.4 Å². The highest BCUT2D eigenvalue weighted by molar-refractivity contribution is 5.83. The normalized spacial score (nSPS) is 24.5. The number of hydrogen-bond acceptors (Lipinski definition) is 2. The van der Waals surface area contributed by atoms with Crippen molar-refractivity contribution in [3.8, 4) is 0 Å². The van der Waals surface area contributed by atoms with E-state index in [2.05, 4.69) is 12.2 Å². The van der Waals surface area contributed by atoms with Crippen molar-refractivity contribution in [1.82, 2.24) is 5.32 Å². The summed E-state index contributed by atoms with van der Waals surface area (Å²) in [5.41, 5.74) is -0.431. The lowest BCUT2D eigenvalue weighted by Crippen LogP contribution is -2.54. The Morgan fingerprint density at radius 1 is 1.11 bits per heavy atom. The molecule has 110 valence electrons. The van der Waals surface area contributed by atoms with E-state index >= 15 is 0 Å². The number of aliphatic hydroxyl groups excluding tert-OH is 1. The van der Waals surface area contributed by atoms with Gasteiger partial charge in [0.05, 0.1) is 12.1 Å². The van der Waals surface area contributed by atoms with Gasteiger partial charge in [0.15, 0.2) is 0 Å². The molecule has 0 heterocycles. The summed E-state index contributed by atoms with van der Waals surface area (Å²) < 4.78 is 0. The molecule has 0 spiro atoms. The van der Waals surface area contributed by atoms with Crippen LogP contribution in [-0.2, 0) is 4.79 Å². The number of nitrogens with one attached hydrogen (secondary N) is 1. The highest BCUT2D eigenvalue weighted by Crippen LogP contribution is 2.43. The summed E-state index contributed by atoms with van der Waals surface area (Å²) in [6.07, 6.45) is 11.9. The molecule has 0 aliphatic heterocycles. The Kier molecular flexibility index (Phi) is 4.88. The second kappa shape index (κ2) is 6.25. The Hall–Kier alpha value is -0.570. The van der Waals surface area contributed by atoms with E-state index in [9.17, 15) is 9.90 Å². The lowest BCUT2D eigenvalue weighted by atomic mass is 9.79. The lowest BCUT2D eigenvalue weighted by molar-refractivity contribution is -0.134. The Morgan fingerprint density at radius 3 is 2.21 bits per heavy atom. The highest BCUT2D eigenvalue weighted by Gasteiger charge is 2.44. The van der Waals surface area contributed by atoms with Crippen LogP contribution in [0.4, 0.5) is 0 Å². The number of aliphatic hydroxyl groups is 1. The number of carbonyl (C=O) groups excluding carboxylic acids is 1. The minimum Gasteiger partial charge on any atom is -0.394 e. The summed E-state index contributed by atoms with van der Waals surface area (Å²) in [5.74, 6) is 0.231. The molecule has 3 nitrogen and oxygen atoms in total.